The lowest BCUT2D eigenvalue weighted by Gasteiger charge is -2.27. The Bertz CT molecular complexity index is 458. The number of benzene rings is 1. The van der Waals surface area contributed by atoms with E-state index in [1.165, 1.54) is 0 Å². The van der Waals surface area contributed by atoms with Gasteiger partial charge in [0.15, 0.2) is 0 Å². The second-order valence-electron chi connectivity index (χ2n) is 5.93. The number of likely N-dealkylation sites (N-methyl/N-ethyl adjacent to an activating group) is 1. The van der Waals surface area contributed by atoms with Crippen LogP contribution in [0.3, 0.4) is 0 Å². The standard InChI is InChI=1S/C15H25N3O3/c1-15(21,10-18(2)3)9-17-14(20)13(16)8-11-4-6-12(19)7-5-11/h4-7,13,19,21H,8-10,16H2,1-3H3,(H,17,20)/t13-,15?/m1/s1. The van der Waals surface area contributed by atoms with E-state index in [4.69, 9.17) is 5.73 Å². The summed E-state index contributed by atoms with van der Waals surface area (Å²) in [6.45, 7) is 2.26. The Hall–Kier alpha value is -1.63. The van der Waals surface area contributed by atoms with Crippen LogP contribution < -0.4 is 11.1 Å². The van der Waals surface area contributed by atoms with Gasteiger partial charge in [-0.05, 0) is 45.1 Å². The summed E-state index contributed by atoms with van der Waals surface area (Å²) in [6.07, 6.45) is 0.377. The number of aliphatic hydroxyl groups is 1. The molecule has 1 aromatic rings. The summed E-state index contributed by atoms with van der Waals surface area (Å²) in [5.74, 6) is -0.126. The number of aromatic hydroxyl groups is 1. The van der Waals surface area contributed by atoms with Gasteiger partial charge in [-0.3, -0.25) is 4.79 Å². The number of phenolic OH excluding ortho intramolecular Hbond substituents is 1. The molecular weight excluding hydrogens is 270 g/mol. The van der Waals surface area contributed by atoms with Gasteiger partial charge in [-0.2, -0.15) is 0 Å². The van der Waals surface area contributed by atoms with Gasteiger partial charge in [0.25, 0.3) is 0 Å². The SMILES string of the molecule is CN(C)CC(C)(O)CNC(=O)[C@H](N)Cc1ccc(O)cc1. The Morgan fingerprint density at radius 3 is 2.48 bits per heavy atom. The molecule has 0 spiro atoms. The third-order valence-corrected chi connectivity index (χ3v) is 3.03. The molecule has 2 atom stereocenters. The molecule has 0 heterocycles. The molecule has 118 valence electrons. The molecule has 1 rings (SSSR count). The summed E-state index contributed by atoms with van der Waals surface area (Å²) in [5.41, 5.74) is 5.72. The molecule has 0 fully saturated rings. The van der Waals surface area contributed by atoms with Crippen LogP contribution in [0.15, 0.2) is 24.3 Å². The van der Waals surface area contributed by atoms with Gasteiger partial charge in [0, 0.05) is 13.1 Å². The molecule has 0 aliphatic rings. The Kier molecular flexibility index (Phi) is 6.14. The third kappa shape index (κ3) is 6.57. The van der Waals surface area contributed by atoms with Crippen molar-refractivity contribution in [2.75, 3.05) is 27.2 Å². The van der Waals surface area contributed by atoms with Crippen LogP contribution in [0.2, 0.25) is 0 Å². The minimum absolute atomic E-state index is 0.146. The van der Waals surface area contributed by atoms with E-state index in [1.807, 2.05) is 19.0 Å². The van der Waals surface area contributed by atoms with E-state index in [9.17, 15) is 15.0 Å². The van der Waals surface area contributed by atoms with E-state index in [0.717, 1.165) is 5.56 Å². The number of carbonyl (C=O) groups is 1. The smallest absolute Gasteiger partial charge is 0.237 e. The highest BCUT2D eigenvalue weighted by Gasteiger charge is 2.23. The Morgan fingerprint density at radius 2 is 1.95 bits per heavy atom. The molecule has 0 aromatic heterocycles. The molecule has 1 unspecified atom stereocenters. The van der Waals surface area contributed by atoms with Crippen molar-refractivity contribution in [3.63, 3.8) is 0 Å². The zero-order chi connectivity index (χ0) is 16.0. The molecule has 1 amide bonds. The fourth-order valence-corrected chi connectivity index (χ4v) is 2.12. The number of nitrogens with zero attached hydrogens (tertiary/aromatic N) is 1. The highest BCUT2D eigenvalue weighted by atomic mass is 16.3. The summed E-state index contributed by atoms with van der Waals surface area (Å²) >= 11 is 0. The molecule has 0 aliphatic heterocycles. The van der Waals surface area contributed by atoms with Crippen LogP contribution >= 0.6 is 0 Å². The van der Waals surface area contributed by atoms with Gasteiger partial charge in [-0.25, -0.2) is 0 Å². The van der Waals surface area contributed by atoms with Crippen molar-refractivity contribution in [3.05, 3.63) is 29.8 Å². The Morgan fingerprint density at radius 1 is 1.38 bits per heavy atom. The highest BCUT2D eigenvalue weighted by Crippen LogP contribution is 2.11. The van der Waals surface area contributed by atoms with Crippen LogP contribution in [-0.4, -0.2) is 59.8 Å². The minimum Gasteiger partial charge on any atom is -0.508 e. The summed E-state index contributed by atoms with van der Waals surface area (Å²) in [4.78, 5) is 13.8. The second-order valence-corrected chi connectivity index (χ2v) is 5.93. The van der Waals surface area contributed by atoms with Crippen molar-refractivity contribution in [1.82, 2.24) is 10.2 Å². The van der Waals surface area contributed by atoms with Gasteiger partial charge in [-0.15, -0.1) is 0 Å². The highest BCUT2D eigenvalue weighted by molar-refractivity contribution is 5.81. The maximum atomic E-state index is 11.9. The van der Waals surface area contributed by atoms with Crippen LogP contribution in [0, 0.1) is 0 Å². The number of hydrogen-bond donors (Lipinski definition) is 4. The van der Waals surface area contributed by atoms with Gasteiger partial charge in [0.2, 0.25) is 5.91 Å². The Balaban J connectivity index is 2.46. The molecule has 6 nitrogen and oxygen atoms in total. The summed E-state index contributed by atoms with van der Waals surface area (Å²) in [5, 5.41) is 22.0. The maximum absolute atomic E-state index is 11.9. The van der Waals surface area contributed by atoms with E-state index in [1.54, 1.807) is 31.2 Å². The summed E-state index contributed by atoms with van der Waals surface area (Å²) < 4.78 is 0. The topological polar surface area (TPSA) is 98.8 Å². The average Bonchev–Trinajstić information content (AvgIpc) is 2.37. The lowest BCUT2D eigenvalue weighted by atomic mass is 10.0. The van der Waals surface area contributed by atoms with E-state index in [-0.39, 0.29) is 18.2 Å². The van der Waals surface area contributed by atoms with Crippen molar-refractivity contribution < 1.29 is 15.0 Å². The number of nitrogens with one attached hydrogen (secondary N) is 1. The van der Waals surface area contributed by atoms with Crippen LogP contribution in [0.25, 0.3) is 0 Å². The summed E-state index contributed by atoms with van der Waals surface area (Å²) in [7, 11) is 3.71. The number of amides is 1. The zero-order valence-corrected chi connectivity index (χ0v) is 12.8. The van der Waals surface area contributed by atoms with E-state index in [0.29, 0.717) is 13.0 Å². The lowest BCUT2D eigenvalue weighted by molar-refractivity contribution is -0.123. The monoisotopic (exact) mass is 295 g/mol. The van der Waals surface area contributed by atoms with Crippen LogP contribution in [-0.2, 0) is 11.2 Å². The molecule has 0 saturated heterocycles. The fourth-order valence-electron chi connectivity index (χ4n) is 2.12. The molecule has 0 saturated carbocycles. The summed E-state index contributed by atoms with van der Waals surface area (Å²) in [6, 6.07) is 5.88. The molecule has 5 N–H and O–H groups in total. The van der Waals surface area contributed by atoms with Gasteiger partial charge < -0.3 is 26.2 Å². The van der Waals surface area contributed by atoms with Gasteiger partial charge in [-0.1, -0.05) is 12.1 Å². The van der Waals surface area contributed by atoms with Crippen molar-refractivity contribution in [1.29, 1.82) is 0 Å². The van der Waals surface area contributed by atoms with Gasteiger partial charge >= 0.3 is 0 Å². The van der Waals surface area contributed by atoms with E-state index < -0.39 is 11.6 Å². The largest absolute Gasteiger partial charge is 0.508 e. The first kappa shape index (κ1) is 17.4. The van der Waals surface area contributed by atoms with Crippen molar-refractivity contribution >= 4 is 5.91 Å². The molecule has 0 aliphatic carbocycles. The zero-order valence-electron chi connectivity index (χ0n) is 12.8. The first-order chi connectivity index (χ1) is 9.69. The van der Waals surface area contributed by atoms with E-state index >= 15 is 0 Å². The van der Waals surface area contributed by atoms with Crippen LogP contribution in [0.1, 0.15) is 12.5 Å². The number of carbonyl (C=O) groups excluding carboxylic acids is 1. The maximum Gasteiger partial charge on any atom is 0.237 e. The number of nitrogens with two attached hydrogens (primary N) is 1. The number of phenols is 1. The minimum atomic E-state index is -1.00. The molecule has 0 bridgehead atoms. The Labute approximate surface area is 125 Å². The predicted molar refractivity (Wildman–Crippen MR) is 82.0 cm³/mol. The molecule has 1 aromatic carbocycles. The number of hydrogen-bond acceptors (Lipinski definition) is 5. The van der Waals surface area contributed by atoms with Crippen molar-refractivity contribution in [3.8, 4) is 5.75 Å². The van der Waals surface area contributed by atoms with Crippen LogP contribution in [0.4, 0.5) is 0 Å². The van der Waals surface area contributed by atoms with Crippen molar-refractivity contribution in [2.24, 2.45) is 5.73 Å². The fraction of sp³-hybridized carbons (Fsp3) is 0.533. The first-order valence-corrected chi connectivity index (χ1v) is 6.88. The third-order valence-electron chi connectivity index (χ3n) is 3.03. The predicted octanol–water partition coefficient (Wildman–Crippen LogP) is -0.309. The van der Waals surface area contributed by atoms with Gasteiger partial charge in [0.05, 0.1) is 11.6 Å². The molecule has 0 radical (unpaired) electrons. The molecule has 6 heteroatoms. The molecular formula is C15H25N3O3. The molecule has 21 heavy (non-hydrogen) atoms. The second kappa shape index (κ2) is 7.40. The first-order valence-electron chi connectivity index (χ1n) is 6.88. The average molecular weight is 295 g/mol. The van der Waals surface area contributed by atoms with Crippen molar-refractivity contribution in [2.45, 2.75) is 25.0 Å². The lowest BCUT2D eigenvalue weighted by Crippen LogP contribution is -2.51. The van der Waals surface area contributed by atoms with Gasteiger partial charge in [0.1, 0.15) is 5.75 Å². The quantitative estimate of drug-likeness (QED) is 0.553. The normalized spacial score (nSPS) is 15.5. The number of rotatable bonds is 7. The van der Waals surface area contributed by atoms with Crippen LogP contribution in [0.5, 0.6) is 5.75 Å². The van der Waals surface area contributed by atoms with E-state index in [2.05, 4.69) is 5.32 Å².